The molecule has 0 fully saturated rings. The fourth-order valence-corrected chi connectivity index (χ4v) is 6.74. The highest BCUT2D eigenvalue weighted by Gasteiger charge is 2.41. The molecule has 1 atom stereocenters. The Morgan fingerprint density at radius 2 is 1.93 bits per heavy atom. The molecule has 0 spiro atoms. The highest BCUT2D eigenvalue weighted by atomic mass is 32.2. The quantitative estimate of drug-likeness (QED) is 0.281. The van der Waals surface area contributed by atoms with E-state index < -0.39 is 11.9 Å². The summed E-state index contributed by atoms with van der Waals surface area (Å²) in [5, 5.41) is 22.1. The molecule has 3 aromatic rings. The van der Waals surface area contributed by atoms with Gasteiger partial charge < -0.3 is 15.8 Å². The van der Waals surface area contributed by atoms with Crippen LogP contribution < -0.4 is 16.0 Å². The number of methoxy groups -OCH3 is 1. The number of Topliss-reactive ketones (excluding diaryl/α,β-unsaturated/α-hetero) is 1. The number of aryl methyl sites for hydroxylation is 2. The fraction of sp³-hybridized carbons (Fsp3) is 0.267. The standard InChI is InChI=1S/C30H28N6O4S2/c1-16-7-12-20(13-17(16)2)33-24(38)15-41-30-35-34-29(42-30)36-22-5-4-6-23(37)26(22)25(21(14-31)27(36)32)18-8-10-19(11-9-18)28(39)40-3/h7-13,25H,4-6,15,32H2,1-3H3,(H,33,38). The molecule has 214 valence electrons. The number of benzene rings is 2. The molecule has 12 heteroatoms. The Bertz CT molecular complexity index is 1690. The Hall–Kier alpha value is -4.47. The Balaban J connectivity index is 1.41. The number of carbonyl (C=O) groups is 3. The van der Waals surface area contributed by atoms with Gasteiger partial charge in [-0.25, -0.2) is 4.79 Å². The van der Waals surface area contributed by atoms with Crippen molar-refractivity contribution < 1.29 is 19.1 Å². The number of carbonyl (C=O) groups excluding carboxylic acids is 3. The van der Waals surface area contributed by atoms with Crippen LogP contribution in [0.15, 0.2) is 69.5 Å². The lowest BCUT2D eigenvalue weighted by Gasteiger charge is -2.38. The van der Waals surface area contributed by atoms with Crippen LogP contribution in [0.3, 0.4) is 0 Å². The molecule has 1 aliphatic heterocycles. The first-order chi connectivity index (χ1) is 20.2. The Labute approximate surface area is 251 Å². The summed E-state index contributed by atoms with van der Waals surface area (Å²) in [5.41, 5.74) is 12.0. The van der Waals surface area contributed by atoms with Crippen LogP contribution in [0.2, 0.25) is 0 Å². The Kier molecular flexibility index (Phi) is 8.42. The molecular formula is C30H28N6O4S2. The van der Waals surface area contributed by atoms with Crippen LogP contribution in [0.5, 0.6) is 0 Å². The van der Waals surface area contributed by atoms with Gasteiger partial charge in [0.25, 0.3) is 0 Å². The van der Waals surface area contributed by atoms with E-state index in [4.69, 9.17) is 10.5 Å². The first-order valence-corrected chi connectivity index (χ1v) is 15.0. The van der Waals surface area contributed by atoms with Crippen LogP contribution >= 0.6 is 23.1 Å². The summed E-state index contributed by atoms with van der Waals surface area (Å²) >= 11 is 2.48. The van der Waals surface area contributed by atoms with Crippen LogP contribution in [0.4, 0.5) is 10.8 Å². The van der Waals surface area contributed by atoms with E-state index in [0.29, 0.717) is 51.1 Å². The van der Waals surface area contributed by atoms with E-state index in [1.54, 1.807) is 29.2 Å². The lowest BCUT2D eigenvalue weighted by Crippen LogP contribution is -2.38. The molecule has 3 N–H and O–H groups in total. The maximum absolute atomic E-state index is 13.3. The van der Waals surface area contributed by atoms with E-state index in [9.17, 15) is 19.6 Å². The second-order valence-electron chi connectivity index (χ2n) is 9.92. The predicted octanol–water partition coefficient (Wildman–Crippen LogP) is 4.98. The minimum atomic E-state index is -0.670. The van der Waals surface area contributed by atoms with Crippen LogP contribution in [0.1, 0.15) is 52.2 Å². The first kappa shape index (κ1) is 29.0. The molecule has 42 heavy (non-hydrogen) atoms. The number of anilines is 2. The molecule has 2 heterocycles. The number of ketones is 1. The van der Waals surface area contributed by atoms with Crippen LogP contribution in [-0.4, -0.2) is 40.7 Å². The van der Waals surface area contributed by atoms with Gasteiger partial charge in [0.05, 0.1) is 36.0 Å². The van der Waals surface area contributed by atoms with Gasteiger partial charge in [0.1, 0.15) is 5.82 Å². The third-order valence-electron chi connectivity index (χ3n) is 7.28. The maximum Gasteiger partial charge on any atom is 0.337 e. The van der Waals surface area contributed by atoms with Crippen LogP contribution in [0.25, 0.3) is 0 Å². The fourth-order valence-electron chi connectivity index (χ4n) is 5.06. The molecule has 0 saturated carbocycles. The van der Waals surface area contributed by atoms with Crippen molar-refractivity contribution in [2.75, 3.05) is 23.1 Å². The van der Waals surface area contributed by atoms with Gasteiger partial charge in [0.15, 0.2) is 10.1 Å². The summed E-state index contributed by atoms with van der Waals surface area (Å²) in [4.78, 5) is 39.5. The van der Waals surface area contributed by atoms with Crippen molar-refractivity contribution in [3.05, 3.63) is 87.4 Å². The average molecular weight is 601 g/mol. The van der Waals surface area contributed by atoms with Crippen molar-refractivity contribution >= 4 is 51.6 Å². The summed E-state index contributed by atoms with van der Waals surface area (Å²) in [7, 11) is 1.30. The highest BCUT2D eigenvalue weighted by molar-refractivity contribution is 8.01. The summed E-state index contributed by atoms with van der Waals surface area (Å²) < 4.78 is 5.34. The number of allylic oxidation sites excluding steroid dienone is 3. The van der Waals surface area contributed by atoms with Gasteiger partial charge in [0, 0.05) is 23.4 Å². The van der Waals surface area contributed by atoms with E-state index in [0.717, 1.165) is 16.8 Å². The summed E-state index contributed by atoms with van der Waals surface area (Å²) in [6.45, 7) is 4.00. The summed E-state index contributed by atoms with van der Waals surface area (Å²) in [5.74, 6) is -1.08. The van der Waals surface area contributed by atoms with Gasteiger partial charge in [-0.15, -0.1) is 10.2 Å². The normalized spacial score (nSPS) is 16.7. The third-order valence-corrected chi connectivity index (χ3v) is 9.32. The number of hydrogen-bond acceptors (Lipinski definition) is 11. The van der Waals surface area contributed by atoms with Crippen molar-refractivity contribution in [3.63, 3.8) is 0 Å². The molecule has 1 aliphatic carbocycles. The number of nitrogens with one attached hydrogen (secondary N) is 1. The predicted molar refractivity (Wildman–Crippen MR) is 161 cm³/mol. The second-order valence-corrected chi connectivity index (χ2v) is 12.1. The number of aromatic nitrogens is 2. The van der Waals surface area contributed by atoms with Gasteiger partial charge in [-0.05, 0) is 67.6 Å². The van der Waals surface area contributed by atoms with E-state index >= 15 is 0 Å². The summed E-state index contributed by atoms with van der Waals surface area (Å²) in [6, 6.07) is 14.6. The molecule has 0 saturated heterocycles. The topological polar surface area (TPSA) is 151 Å². The van der Waals surface area contributed by atoms with Crippen LogP contribution in [0, 0.1) is 25.2 Å². The highest BCUT2D eigenvalue weighted by Crippen LogP contribution is 2.47. The molecule has 1 unspecified atom stereocenters. The molecule has 5 rings (SSSR count). The number of ether oxygens (including phenoxy) is 1. The second kappa shape index (κ2) is 12.2. The number of thioether (sulfide) groups is 1. The van der Waals surface area contributed by atoms with Gasteiger partial charge >= 0.3 is 5.97 Å². The minimum Gasteiger partial charge on any atom is -0.465 e. The van der Waals surface area contributed by atoms with E-state index in [1.165, 1.54) is 30.2 Å². The third kappa shape index (κ3) is 5.66. The monoisotopic (exact) mass is 600 g/mol. The lowest BCUT2D eigenvalue weighted by molar-refractivity contribution is -0.116. The smallest absolute Gasteiger partial charge is 0.337 e. The van der Waals surface area contributed by atoms with Crippen molar-refractivity contribution in [1.82, 2.24) is 10.2 Å². The van der Waals surface area contributed by atoms with Gasteiger partial charge in [-0.3, -0.25) is 14.5 Å². The molecule has 2 aliphatic rings. The first-order valence-electron chi connectivity index (χ1n) is 13.2. The van der Waals surface area contributed by atoms with Gasteiger partial charge in [-0.2, -0.15) is 5.26 Å². The van der Waals surface area contributed by atoms with E-state index in [1.807, 2.05) is 32.0 Å². The molecule has 0 bridgehead atoms. The summed E-state index contributed by atoms with van der Waals surface area (Å²) in [6.07, 6.45) is 1.56. The SMILES string of the molecule is COC(=O)c1ccc(C2C(C#N)=C(N)N(c3nnc(SCC(=O)Nc4ccc(C)c(C)c4)s3)C3=C2C(=O)CCC3)cc1. The number of amides is 1. The number of rotatable bonds is 7. The zero-order valence-electron chi connectivity index (χ0n) is 23.3. The number of nitrogens with two attached hydrogens (primary N) is 1. The zero-order chi connectivity index (χ0) is 30.0. The average Bonchev–Trinajstić information content (AvgIpc) is 3.45. The largest absolute Gasteiger partial charge is 0.465 e. The lowest BCUT2D eigenvalue weighted by atomic mass is 9.75. The van der Waals surface area contributed by atoms with E-state index in [2.05, 4.69) is 21.6 Å². The van der Waals surface area contributed by atoms with Gasteiger partial charge in [-0.1, -0.05) is 41.3 Å². The Morgan fingerprint density at radius 1 is 1.17 bits per heavy atom. The van der Waals surface area contributed by atoms with Crippen molar-refractivity contribution in [2.24, 2.45) is 5.73 Å². The molecule has 10 nitrogen and oxygen atoms in total. The van der Waals surface area contributed by atoms with Gasteiger partial charge in [0.2, 0.25) is 11.0 Å². The minimum absolute atomic E-state index is 0.0642. The molecular weight excluding hydrogens is 573 g/mol. The molecule has 0 radical (unpaired) electrons. The van der Waals surface area contributed by atoms with Crippen LogP contribution in [-0.2, 0) is 14.3 Å². The van der Waals surface area contributed by atoms with Crippen molar-refractivity contribution in [3.8, 4) is 6.07 Å². The molecule has 1 aromatic heterocycles. The number of nitriles is 1. The number of nitrogens with zero attached hydrogens (tertiary/aromatic N) is 4. The molecule has 1 amide bonds. The number of esters is 1. The van der Waals surface area contributed by atoms with E-state index in [-0.39, 0.29) is 28.8 Å². The maximum atomic E-state index is 13.3. The molecule has 2 aromatic carbocycles. The van der Waals surface area contributed by atoms with Crippen molar-refractivity contribution in [2.45, 2.75) is 43.4 Å². The van der Waals surface area contributed by atoms with Crippen molar-refractivity contribution in [1.29, 1.82) is 5.26 Å². The number of hydrogen-bond donors (Lipinski definition) is 2. The zero-order valence-corrected chi connectivity index (χ0v) is 24.9. The Morgan fingerprint density at radius 3 is 2.62 bits per heavy atom.